The number of likely N-dealkylation sites (N-methyl/N-ethyl adjacent to an activating group) is 1. The maximum atomic E-state index is 10.9. The van der Waals surface area contributed by atoms with Crippen molar-refractivity contribution in [2.75, 3.05) is 7.05 Å². The zero-order valence-electron chi connectivity index (χ0n) is 8.47. The zero-order valence-corrected chi connectivity index (χ0v) is 10.0. The van der Waals surface area contributed by atoms with Crippen LogP contribution in [0.3, 0.4) is 0 Å². The topological polar surface area (TPSA) is 66.3 Å². The summed E-state index contributed by atoms with van der Waals surface area (Å²) < 4.78 is 4.21. The molecule has 1 aromatic heterocycles. The van der Waals surface area contributed by atoms with E-state index in [0.717, 1.165) is 11.5 Å². The molecule has 0 aliphatic carbocycles. The fourth-order valence-corrected chi connectivity index (χ4v) is 1.92. The Labute approximate surface area is 96.8 Å². The smallest absolute Gasteiger partial charge is 0.320 e. The lowest BCUT2D eigenvalue weighted by atomic mass is 10.2. The molecule has 0 radical (unpaired) electrons. The molecule has 0 saturated heterocycles. The highest BCUT2D eigenvalue weighted by molar-refractivity contribution is 7.10. The molecule has 15 heavy (non-hydrogen) atoms. The van der Waals surface area contributed by atoms with Crippen LogP contribution in [0.15, 0.2) is 0 Å². The molecule has 1 atom stereocenters. The fourth-order valence-electron chi connectivity index (χ4n) is 1.31. The van der Waals surface area contributed by atoms with Crippen molar-refractivity contribution in [1.29, 1.82) is 0 Å². The summed E-state index contributed by atoms with van der Waals surface area (Å²) >= 11 is 6.94. The lowest BCUT2D eigenvalue weighted by Crippen LogP contribution is -2.37. The summed E-state index contributed by atoms with van der Waals surface area (Å²) in [4.78, 5) is 12.6. The van der Waals surface area contributed by atoms with Crippen molar-refractivity contribution in [3.05, 3.63) is 10.0 Å². The van der Waals surface area contributed by atoms with Crippen LogP contribution in [0.5, 0.6) is 0 Å². The number of hydrogen-bond donors (Lipinski definition) is 1. The number of rotatable bonds is 5. The minimum atomic E-state index is -0.834. The van der Waals surface area contributed by atoms with Crippen LogP contribution in [-0.4, -0.2) is 38.7 Å². The minimum Gasteiger partial charge on any atom is -0.480 e. The van der Waals surface area contributed by atoms with Gasteiger partial charge in [-0.2, -0.15) is 0 Å². The highest BCUT2D eigenvalue weighted by atomic mass is 35.5. The molecular formula is C8H12ClN3O2S. The highest BCUT2D eigenvalue weighted by Gasteiger charge is 2.21. The molecule has 1 rings (SSSR count). The van der Waals surface area contributed by atoms with Crippen molar-refractivity contribution in [1.82, 2.24) is 14.5 Å². The molecule has 0 spiro atoms. The van der Waals surface area contributed by atoms with Crippen LogP contribution in [-0.2, 0) is 11.3 Å². The van der Waals surface area contributed by atoms with Crippen molar-refractivity contribution in [3.63, 3.8) is 0 Å². The molecule has 7 heteroatoms. The van der Waals surface area contributed by atoms with Crippen LogP contribution < -0.4 is 0 Å². The van der Waals surface area contributed by atoms with Gasteiger partial charge in [0.25, 0.3) is 0 Å². The van der Waals surface area contributed by atoms with Crippen LogP contribution in [0.25, 0.3) is 0 Å². The monoisotopic (exact) mass is 249 g/mol. The number of carboxylic acids is 1. The molecule has 0 amide bonds. The molecule has 1 unspecified atom stereocenters. The maximum absolute atomic E-state index is 10.9. The summed E-state index contributed by atoms with van der Waals surface area (Å²) in [6, 6.07) is -0.511. The van der Waals surface area contributed by atoms with Crippen LogP contribution in [0.4, 0.5) is 0 Å². The van der Waals surface area contributed by atoms with Crippen LogP contribution in [0.2, 0.25) is 4.34 Å². The van der Waals surface area contributed by atoms with Gasteiger partial charge in [0.2, 0.25) is 0 Å². The van der Waals surface area contributed by atoms with Gasteiger partial charge in [-0.05, 0) is 13.5 Å². The quantitative estimate of drug-likeness (QED) is 0.856. The summed E-state index contributed by atoms with van der Waals surface area (Å²) in [5.74, 6) is -0.834. The summed E-state index contributed by atoms with van der Waals surface area (Å²) in [7, 11) is 1.73. The molecular weight excluding hydrogens is 238 g/mol. The third-order valence-corrected chi connectivity index (χ3v) is 3.10. The Hall–Kier alpha value is -0.720. The Kier molecular flexibility index (Phi) is 4.44. The molecule has 0 saturated carbocycles. The van der Waals surface area contributed by atoms with Crippen LogP contribution in [0.1, 0.15) is 19.0 Å². The van der Waals surface area contributed by atoms with Gasteiger partial charge in [-0.1, -0.05) is 23.0 Å². The van der Waals surface area contributed by atoms with Gasteiger partial charge in [-0.3, -0.25) is 9.69 Å². The number of aromatic nitrogens is 2. The second-order valence-corrected chi connectivity index (χ2v) is 4.53. The first-order valence-electron chi connectivity index (χ1n) is 4.46. The predicted molar refractivity (Wildman–Crippen MR) is 58.1 cm³/mol. The molecule has 0 aliphatic rings. The summed E-state index contributed by atoms with van der Waals surface area (Å²) in [6.45, 7) is 2.23. The van der Waals surface area contributed by atoms with Crippen molar-refractivity contribution in [2.24, 2.45) is 0 Å². The van der Waals surface area contributed by atoms with E-state index in [1.165, 1.54) is 0 Å². The molecule has 0 fully saturated rings. The molecule has 1 aromatic rings. The zero-order chi connectivity index (χ0) is 11.4. The fraction of sp³-hybridized carbons (Fsp3) is 0.625. The molecule has 1 heterocycles. The van der Waals surface area contributed by atoms with Crippen molar-refractivity contribution in [2.45, 2.75) is 25.9 Å². The minimum absolute atomic E-state index is 0.403. The van der Waals surface area contributed by atoms with Gasteiger partial charge in [-0.25, -0.2) is 0 Å². The molecule has 84 valence electrons. The van der Waals surface area contributed by atoms with E-state index < -0.39 is 12.0 Å². The Morgan fingerprint density at radius 3 is 2.80 bits per heavy atom. The second kappa shape index (κ2) is 5.39. The molecule has 5 nitrogen and oxygen atoms in total. The molecule has 0 aromatic carbocycles. The molecule has 0 aliphatic heterocycles. The largest absolute Gasteiger partial charge is 0.480 e. The number of carbonyl (C=O) groups is 1. The van der Waals surface area contributed by atoms with E-state index in [4.69, 9.17) is 16.7 Å². The van der Waals surface area contributed by atoms with E-state index in [1.54, 1.807) is 11.9 Å². The first-order chi connectivity index (χ1) is 7.06. The number of nitrogens with zero attached hydrogens (tertiary/aromatic N) is 3. The average Bonchev–Trinajstić information content (AvgIpc) is 2.52. The third kappa shape index (κ3) is 3.12. The Morgan fingerprint density at radius 1 is 1.73 bits per heavy atom. The summed E-state index contributed by atoms with van der Waals surface area (Å²) in [6.07, 6.45) is 0.543. The van der Waals surface area contributed by atoms with Crippen molar-refractivity contribution >= 4 is 29.1 Å². The van der Waals surface area contributed by atoms with E-state index in [-0.39, 0.29) is 0 Å². The molecule has 0 bridgehead atoms. The number of carboxylic acid groups (broad SMARTS) is 1. The standard InChI is InChI=1S/C8H12ClN3O2S/c1-3-6(8(13)14)12(2)4-5-7(9)15-11-10-5/h6H,3-4H2,1-2H3,(H,13,14). The Morgan fingerprint density at radius 2 is 2.40 bits per heavy atom. The van der Waals surface area contributed by atoms with E-state index >= 15 is 0 Å². The van der Waals surface area contributed by atoms with E-state index in [0.29, 0.717) is 23.0 Å². The highest BCUT2D eigenvalue weighted by Crippen LogP contribution is 2.19. The predicted octanol–water partition coefficient (Wildman–Crippen LogP) is 1.49. The first kappa shape index (κ1) is 12.4. The Bertz CT molecular complexity index is 344. The summed E-state index contributed by atoms with van der Waals surface area (Å²) in [5, 5.41) is 12.8. The lowest BCUT2D eigenvalue weighted by Gasteiger charge is -2.22. The number of aliphatic carboxylic acids is 1. The molecule has 1 N–H and O–H groups in total. The van der Waals surface area contributed by atoms with Gasteiger partial charge >= 0.3 is 5.97 Å². The average molecular weight is 250 g/mol. The maximum Gasteiger partial charge on any atom is 0.320 e. The summed E-state index contributed by atoms with van der Waals surface area (Å²) in [5.41, 5.74) is 0.629. The van der Waals surface area contributed by atoms with Gasteiger partial charge in [0, 0.05) is 18.1 Å². The van der Waals surface area contributed by atoms with Gasteiger partial charge in [-0.15, -0.1) is 5.10 Å². The van der Waals surface area contributed by atoms with Crippen LogP contribution >= 0.6 is 23.1 Å². The Balaban J connectivity index is 2.66. The van der Waals surface area contributed by atoms with Gasteiger partial charge in [0.1, 0.15) is 16.1 Å². The number of halogens is 1. The third-order valence-electron chi connectivity index (χ3n) is 2.11. The second-order valence-electron chi connectivity index (χ2n) is 3.17. The van der Waals surface area contributed by atoms with Crippen LogP contribution in [0, 0.1) is 0 Å². The lowest BCUT2D eigenvalue weighted by molar-refractivity contribution is -0.143. The normalized spacial score (nSPS) is 13.1. The van der Waals surface area contributed by atoms with E-state index in [9.17, 15) is 4.79 Å². The van der Waals surface area contributed by atoms with Gasteiger partial charge < -0.3 is 5.11 Å². The van der Waals surface area contributed by atoms with Crippen molar-refractivity contribution in [3.8, 4) is 0 Å². The van der Waals surface area contributed by atoms with Gasteiger partial charge in [0.15, 0.2) is 0 Å². The van der Waals surface area contributed by atoms with Crippen molar-refractivity contribution < 1.29 is 9.90 Å². The van der Waals surface area contributed by atoms with E-state index in [2.05, 4.69) is 9.59 Å². The first-order valence-corrected chi connectivity index (χ1v) is 5.61. The number of hydrogen-bond acceptors (Lipinski definition) is 5. The van der Waals surface area contributed by atoms with Gasteiger partial charge in [0.05, 0.1) is 0 Å². The SMILES string of the molecule is CCC(C(=O)O)N(C)Cc1nnsc1Cl. The van der Waals surface area contributed by atoms with E-state index in [1.807, 2.05) is 6.92 Å².